The van der Waals surface area contributed by atoms with E-state index in [9.17, 15) is 8.78 Å². The molecule has 1 aromatic rings. The highest BCUT2D eigenvalue weighted by Crippen LogP contribution is 2.44. The van der Waals surface area contributed by atoms with Gasteiger partial charge in [0.1, 0.15) is 11.6 Å². The Balaban J connectivity index is 2.31. The third-order valence-corrected chi connectivity index (χ3v) is 4.77. The average Bonchev–Trinajstić information content (AvgIpc) is 2.26. The Hall–Kier alpha value is -0.480. The molecule has 0 bridgehead atoms. The summed E-state index contributed by atoms with van der Waals surface area (Å²) in [5.41, 5.74) is 6.18. The first-order valence-corrected chi connectivity index (χ1v) is 7.82. The number of benzene rings is 1. The number of halogens is 3. The summed E-state index contributed by atoms with van der Waals surface area (Å²) in [4.78, 5) is 0. The molecule has 2 N–H and O–H groups in total. The molecule has 1 aliphatic carbocycles. The normalized spacial score (nSPS) is 29.4. The van der Waals surface area contributed by atoms with Gasteiger partial charge in [-0.1, -0.05) is 20.8 Å². The minimum absolute atomic E-state index is 0.103. The molecule has 0 spiro atoms. The molecule has 0 heterocycles. The lowest BCUT2D eigenvalue weighted by Gasteiger charge is -2.46. The lowest BCUT2D eigenvalue weighted by atomic mass is 9.63. The van der Waals surface area contributed by atoms with E-state index in [4.69, 9.17) is 5.73 Å². The van der Waals surface area contributed by atoms with Crippen molar-refractivity contribution in [3.63, 3.8) is 0 Å². The molecular formula is C16H22BrF2N. The Bertz CT molecular complexity index is 515. The fourth-order valence-electron chi connectivity index (χ4n) is 4.02. The number of hydrogen-bond acceptors (Lipinski definition) is 1. The van der Waals surface area contributed by atoms with Crippen LogP contribution >= 0.6 is 15.9 Å². The number of hydrogen-bond donors (Lipinski definition) is 1. The van der Waals surface area contributed by atoms with E-state index in [-0.39, 0.29) is 17.4 Å². The smallest absolute Gasteiger partial charge is 0.143 e. The van der Waals surface area contributed by atoms with Gasteiger partial charge in [-0.15, -0.1) is 0 Å². The largest absolute Gasteiger partial charge is 0.325 e. The Morgan fingerprint density at radius 3 is 2.55 bits per heavy atom. The van der Waals surface area contributed by atoms with E-state index >= 15 is 0 Å². The van der Waals surface area contributed by atoms with Crippen molar-refractivity contribution in [3.05, 3.63) is 33.8 Å². The molecule has 2 rings (SSSR count). The monoisotopic (exact) mass is 345 g/mol. The molecule has 0 radical (unpaired) electrons. The summed E-state index contributed by atoms with van der Waals surface area (Å²) >= 11 is 3.11. The maximum Gasteiger partial charge on any atom is 0.143 e. The third-order valence-electron chi connectivity index (χ3n) is 4.15. The van der Waals surface area contributed by atoms with E-state index in [1.165, 1.54) is 12.1 Å². The Morgan fingerprint density at radius 2 is 1.95 bits per heavy atom. The highest BCUT2D eigenvalue weighted by Gasteiger charge is 2.41. The highest BCUT2D eigenvalue weighted by molar-refractivity contribution is 9.10. The van der Waals surface area contributed by atoms with Crippen molar-refractivity contribution in [2.24, 2.45) is 17.1 Å². The van der Waals surface area contributed by atoms with Gasteiger partial charge in [0.2, 0.25) is 0 Å². The molecule has 2 unspecified atom stereocenters. The molecule has 1 aliphatic rings. The van der Waals surface area contributed by atoms with Crippen molar-refractivity contribution in [2.75, 3.05) is 0 Å². The van der Waals surface area contributed by atoms with Crippen LogP contribution in [0.5, 0.6) is 0 Å². The summed E-state index contributed by atoms with van der Waals surface area (Å²) in [6.45, 7) is 6.52. The molecule has 0 aliphatic heterocycles. The molecule has 1 saturated carbocycles. The van der Waals surface area contributed by atoms with Crippen molar-refractivity contribution in [3.8, 4) is 0 Å². The van der Waals surface area contributed by atoms with Gasteiger partial charge in [0.25, 0.3) is 0 Å². The molecule has 20 heavy (non-hydrogen) atoms. The Morgan fingerprint density at radius 1 is 1.30 bits per heavy atom. The molecule has 4 heteroatoms. The lowest BCUT2D eigenvalue weighted by Crippen LogP contribution is -2.51. The second kappa shape index (κ2) is 5.38. The first-order chi connectivity index (χ1) is 9.12. The van der Waals surface area contributed by atoms with E-state index in [1.807, 2.05) is 0 Å². The van der Waals surface area contributed by atoms with Gasteiger partial charge < -0.3 is 5.73 Å². The third kappa shape index (κ3) is 3.40. The molecule has 0 saturated heterocycles. The zero-order valence-electron chi connectivity index (χ0n) is 12.3. The van der Waals surface area contributed by atoms with Crippen molar-refractivity contribution in [2.45, 2.75) is 52.0 Å². The molecule has 2 atom stereocenters. The van der Waals surface area contributed by atoms with E-state index in [0.717, 1.165) is 19.3 Å². The zero-order valence-corrected chi connectivity index (χ0v) is 13.9. The summed E-state index contributed by atoms with van der Waals surface area (Å²) in [6.07, 6.45) is 2.95. The summed E-state index contributed by atoms with van der Waals surface area (Å²) in [5, 5.41) is 0. The fraction of sp³-hybridized carbons (Fsp3) is 0.625. The van der Waals surface area contributed by atoms with Crippen molar-refractivity contribution < 1.29 is 8.78 Å². The fourth-order valence-corrected chi connectivity index (χ4v) is 4.40. The molecule has 1 nitrogen and oxygen atoms in total. The van der Waals surface area contributed by atoms with Crippen molar-refractivity contribution in [1.82, 2.24) is 0 Å². The first kappa shape index (κ1) is 15.9. The minimum atomic E-state index is -0.538. The Labute approximate surface area is 128 Å². The second-order valence-corrected chi connectivity index (χ2v) is 8.07. The van der Waals surface area contributed by atoms with Crippen molar-refractivity contribution >= 4 is 15.9 Å². The van der Waals surface area contributed by atoms with Crippen LogP contribution in [0.1, 0.15) is 45.6 Å². The van der Waals surface area contributed by atoms with Crippen LogP contribution in [0.15, 0.2) is 16.6 Å². The topological polar surface area (TPSA) is 26.0 Å². The molecule has 0 amide bonds. The molecule has 1 fully saturated rings. The summed E-state index contributed by atoms with van der Waals surface area (Å²) < 4.78 is 28.4. The molecular weight excluding hydrogens is 324 g/mol. The van der Waals surface area contributed by atoms with Gasteiger partial charge in [0.15, 0.2) is 0 Å². The van der Waals surface area contributed by atoms with Gasteiger partial charge in [-0.25, -0.2) is 8.78 Å². The first-order valence-electron chi connectivity index (χ1n) is 7.03. The van der Waals surface area contributed by atoms with Crippen LogP contribution in [0, 0.1) is 23.0 Å². The van der Waals surface area contributed by atoms with Crippen molar-refractivity contribution in [1.29, 1.82) is 0 Å². The summed E-state index contributed by atoms with van der Waals surface area (Å²) in [5.74, 6) is -0.556. The van der Waals surface area contributed by atoms with Gasteiger partial charge in [-0.3, -0.25) is 0 Å². The minimum Gasteiger partial charge on any atom is -0.325 e. The van der Waals surface area contributed by atoms with Crippen LogP contribution in [0.2, 0.25) is 0 Å². The van der Waals surface area contributed by atoms with Crippen LogP contribution in [-0.4, -0.2) is 5.54 Å². The van der Waals surface area contributed by atoms with Gasteiger partial charge in [0, 0.05) is 11.1 Å². The van der Waals surface area contributed by atoms with E-state index in [1.54, 1.807) is 0 Å². The van der Waals surface area contributed by atoms with E-state index in [2.05, 4.69) is 36.7 Å². The van der Waals surface area contributed by atoms with Gasteiger partial charge in [-0.2, -0.15) is 0 Å². The quantitative estimate of drug-likeness (QED) is 0.764. The van der Waals surface area contributed by atoms with Crippen LogP contribution in [0.3, 0.4) is 0 Å². The average molecular weight is 346 g/mol. The van der Waals surface area contributed by atoms with Crippen LogP contribution in [-0.2, 0) is 6.42 Å². The Kier molecular flexibility index (Phi) is 4.27. The maximum atomic E-state index is 14.1. The van der Waals surface area contributed by atoms with Crippen LogP contribution < -0.4 is 5.73 Å². The standard InChI is InChI=1S/C16H22BrF2N/c1-10-6-15(2,3)9-16(20,7-10)8-11-13(18)5-4-12(17)14(11)19/h4-5,10H,6-9,20H2,1-3H3. The van der Waals surface area contributed by atoms with E-state index < -0.39 is 17.2 Å². The summed E-state index contributed by atoms with van der Waals surface area (Å²) in [6, 6.07) is 2.69. The van der Waals surface area contributed by atoms with Gasteiger partial charge >= 0.3 is 0 Å². The highest BCUT2D eigenvalue weighted by atomic mass is 79.9. The van der Waals surface area contributed by atoms with Crippen LogP contribution in [0.4, 0.5) is 8.78 Å². The molecule has 0 aromatic heterocycles. The molecule has 112 valence electrons. The van der Waals surface area contributed by atoms with E-state index in [0.29, 0.717) is 10.4 Å². The van der Waals surface area contributed by atoms with Gasteiger partial charge in [0.05, 0.1) is 4.47 Å². The number of rotatable bonds is 2. The summed E-state index contributed by atoms with van der Waals surface area (Å²) in [7, 11) is 0. The molecule has 1 aromatic carbocycles. The van der Waals surface area contributed by atoms with Crippen LogP contribution in [0.25, 0.3) is 0 Å². The number of nitrogens with two attached hydrogens (primary N) is 1. The SMILES string of the molecule is CC1CC(C)(C)CC(N)(Cc2c(F)ccc(Br)c2F)C1. The van der Waals surface area contributed by atoms with Gasteiger partial charge in [-0.05, 0) is 65.1 Å². The lowest BCUT2D eigenvalue weighted by molar-refractivity contribution is 0.107. The predicted octanol–water partition coefficient (Wildman–Crippen LogP) is 4.81. The second-order valence-electron chi connectivity index (χ2n) is 7.22. The maximum absolute atomic E-state index is 14.1. The predicted molar refractivity (Wildman–Crippen MR) is 81.5 cm³/mol. The zero-order chi connectivity index (χ0) is 15.1.